The third-order valence-corrected chi connectivity index (χ3v) is 5.40. The minimum atomic E-state index is -0.279. The maximum Gasteiger partial charge on any atom is 0.246 e. The Kier molecular flexibility index (Phi) is 4.94. The van der Waals surface area contributed by atoms with Gasteiger partial charge in [-0.05, 0) is 37.1 Å². The molecule has 1 atom stereocenters. The lowest BCUT2D eigenvalue weighted by Crippen LogP contribution is -2.54. The molecule has 0 N–H and O–H groups in total. The van der Waals surface area contributed by atoms with Crippen molar-refractivity contribution in [3.8, 4) is 11.5 Å². The normalized spacial score (nSPS) is 19.1. The van der Waals surface area contributed by atoms with Crippen molar-refractivity contribution in [2.24, 2.45) is 5.92 Å². The van der Waals surface area contributed by atoms with Gasteiger partial charge in [-0.3, -0.25) is 9.59 Å². The van der Waals surface area contributed by atoms with Gasteiger partial charge in [-0.1, -0.05) is 29.8 Å². The van der Waals surface area contributed by atoms with Gasteiger partial charge in [-0.2, -0.15) is 0 Å². The number of aryl methyl sites for hydroxylation is 1. The number of carbonyl (C=O) groups is 2. The van der Waals surface area contributed by atoms with Crippen molar-refractivity contribution in [3.63, 3.8) is 0 Å². The molecule has 4 rings (SSSR count). The summed E-state index contributed by atoms with van der Waals surface area (Å²) in [5.74, 6) is 1.05. The second kappa shape index (κ2) is 7.54. The highest BCUT2D eigenvalue weighted by molar-refractivity contribution is 5.98. The van der Waals surface area contributed by atoms with Crippen LogP contribution in [0.25, 0.3) is 0 Å². The molecular formula is C22H24N2O4. The van der Waals surface area contributed by atoms with Crippen LogP contribution in [0.4, 0.5) is 5.69 Å². The van der Waals surface area contributed by atoms with Crippen molar-refractivity contribution in [2.45, 2.75) is 13.3 Å². The number of nitrogens with zero attached hydrogens (tertiary/aromatic N) is 2. The third kappa shape index (κ3) is 3.42. The van der Waals surface area contributed by atoms with Crippen LogP contribution in [0, 0.1) is 12.8 Å². The van der Waals surface area contributed by atoms with Crippen LogP contribution in [0.1, 0.15) is 11.1 Å². The molecule has 2 heterocycles. The summed E-state index contributed by atoms with van der Waals surface area (Å²) in [6.45, 7) is 3.46. The molecule has 0 spiro atoms. The summed E-state index contributed by atoms with van der Waals surface area (Å²) in [6.07, 6.45) is 0.595. The van der Waals surface area contributed by atoms with E-state index < -0.39 is 0 Å². The van der Waals surface area contributed by atoms with Gasteiger partial charge < -0.3 is 19.3 Å². The number of fused-ring (bicyclic) bond motifs is 1. The van der Waals surface area contributed by atoms with E-state index in [-0.39, 0.29) is 24.3 Å². The van der Waals surface area contributed by atoms with E-state index in [9.17, 15) is 9.59 Å². The van der Waals surface area contributed by atoms with Crippen molar-refractivity contribution in [2.75, 3.05) is 38.3 Å². The van der Waals surface area contributed by atoms with Gasteiger partial charge in [0.05, 0.1) is 13.0 Å². The predicted octanol–water partition coefficient (Wildman–Crippen LogP) is 2.43. The monoisotopic (exact) mass is 380 g/mol. The molecule has 0 saturated carbocycles. The summed E-state index contributed by atoms with van der Waals surface area (Å²) in [7, 11) is 1.61. The SMILES string of the molecule is COc1cccc2c1OC[C@H](C(=O)N1CCN(c3ccc(C)cc3)C(=O)C1)C2. The molecule has 146 valence electrons. The molecule has 6 nitrogen and oxygen atoms in total. The van der Waals surface area contributed by atoms with Gasteiger partial charge >= 0.3 is 0 Å². The largest absolute Gasteiger partial charge is 0.493 e. The van der Waals surface area contributed by atoms with E-state index in [4.69, 9.17) is 9.47 Å². The van der Waals surface area contributed by atoms with Gasteiger partial charge in [0.15, 0.2) is 11.5 Å². The Balaban J connectivity index is 1.42. The number of rotatable bonds is 3. The van der Waals surface area contributed by atoms with Crippen molar-refractivity contribution >= 4 is 17.5 Å². The molecule has 2 amide bonds. The summed E-state index contributed by atoms with van der Waals surface area (Å²) in [6, 6.07) is 13.6. The highest BCUT2D eigenvalue weighted by atomic mass is 16.5. The Bertz CT molecular complexity index is 894. The number of hydrogen-bond acceptors (Lipinski definition) is 4. The molecule has 0 unspecified atom stereocenters. The number of ether oxygens (including phenoxy) is 2. The number of amides is 2. The van der Waals surface area contributed by atoms with E-state index in [0.717, 1.165) is 16.8 Å². The third-order valence-electron chi connectivity index (χ3n) is 5.40. The van der Waals surface area contributed by atoms with E-state index >= 15 is 0 Å². The number of piperazine rings is 1. The first-order valence-corrected chi connectivity index (χ1v) is 9.51. The zero-order valence-corrected chi connectivity index (χ0v) is 16.2. The second-order valence-electron chi connectivity index (χ2n) is 7.30. The van der Waals surface area contributed by atoms with E-state index in [2.05, 4.69) is 0 Å². The quantitative estimate of drug-likeness (QED) is 0.821. The minimum absolute atomic E-state index is 0.0228. The summed E-state index contributed by atoms with van der Waals surface area (Å²) in [5, 5.41) is 0. The zero-order valence-electron chi connectivity index (χ0n) is 16.2. The average Bonchev–Trinajstić information content (AvgIpc) is 2.73. The van der Waals surface area contributed by atoms with Crippen LogP contribution in [-0.4, -0.2) is 50.1 Å². The van der Waals surface area contributed by atoms with Gasteiger partial charge in [0.2, 0.25) is 11.8 Å². The van der Waals surface area contributed by atoms with Crippen molar-refractivity contribution in [1.29, 1.82) is 0 Å². The molecule has 1 fully saturated rings. The van der Waals surface area contributed by atoms with Gasteiger partial charge in [0, 0.05) is 18.8 Å². The van der Waals surface area contributed by atoms with Crippen LogP contribution in [0.5, 0.6) is 11.5 Å². The molecule has 0 radical (unpaired) electrons. The fourth-order valence-corrected chi connectivity index (χ4v) is 3.83. The first-order chi connectivity index (χ1) is 13.6. The van der Waals surface area contributed by atoms with E-state index in [1.54, 1.807) is 16.9 Å². The summed E-state index contributed by atoms with van der Waals surface area (Å²) in [4.78, 5) is 29.0. The van der Waals surface area contributed by atoms with Gasteiger partial charge in [0.1, 0.15) is 13.2 Å². The molecule has 2 aromatic carbocycles. The Morgan fingerprint density at radius 3 is 2.64 bits per heavy atom. The molecule has 28 heavy (non-hydrogen) atoms. The fraction of sp³-hybridized carbons (Fsp3) is 0.364. The molecule has 0 aromatic heterocycles. The van der Waals surface area contributed by atoms with Crippen LogP contribution in [0.3, 0.4) is 0 Å². The van der Waals surface area contributed by atoms with Crippen LogP contribution in [0.15, 0.2) is 42.5 Å². The zero-order chi connectivity index (χ0) is 19.7. The molecule has 1 saturated heterocycles. The predicted molar refractivity (Wildman–Crippen MR) is 106 cm³/mol. The minimum Gasteiger partial charge on any atom is -0.493 e. The maximum absolute atomic E-state index is 13.0. The Morgan fingerprint density at radius 2 is 1.93 bits per heavy atom. The highest BCUT2D eigenvalue weighted by Gasteiger charge is 2.34. The summed E-state index contributed by atoms with van der Waals surface area (Å²) in [5.41, 5.74) is 3.00. The van der Waals surface area contributed by atoms with Crippen molar-refractivity contribution < 1.29 is 19.1 Å². The first kappa shape index (κ1) is 18.3. The molecule has 2 aliphatic rings. The molecular weight excluding hydrogens is 356 g/mol. The fourth-order valence-electron chi connectivity index (χ4n) is 3.83. The molecule has 0 aliphatic carbocycles. The molecule has 0 bridgehead atoms. The number of anilines is 1. The number of methoxy groups -OCH3 is 1. The van der Waals surface area contributed by atoms with E-state index in [1.165, 1.54) is 0 Å². The number of carbonyl (C=O) groups excluding carboxylic acids is 2. The number of benzene rings is 2. The van der Waals surface area contributed by atoms with Crippen LogP contribution in [-0.2, 0) is 16.0 Å². The average molecular weight is 380 g/mol. The highest BCUT2D eigenvalue weighted by Crippen LogP contribution is 2.36. The topological polar surface area (TPSA) is 59.1 Å². The van der Waals surface area contributed by atoms with Crippen LogP contribution < -0.4 is 14.4 Å². The Hall–Kier alpha value is -3.02. The molecule has 2 aliphatic heterocycles. The molecule has 2 aromatic rings. The second-order valence-corrected chi connectivity index (χ2v) is 7.30. The number of para-hydroxylation sites is 1. The van der Waals surface area contributed by atoms with Crippen molar-refractivity contribution in [3.05, 3.63) is 53.6 Å². The smallest absolute Gasteiger partial charge is 0.246 e. The van der Waals surface area contributed by atoms with Crippen molar-refractivity contribution in [1.82, 2.24) is 4.90 Å². The lowest BCUT2D eigenvalue weighted by Gasteiger charge is -2.37. The maximum atomic E-state index is 13.0. The standard InChI is InChI=1S/C22H24N2O4/c1-15-6-8-18(9-7-15)24-11-10-23(13-20(24)25)22(26)17-12-16-4-3-5-19(27-2)21(16)28-14-17/h3-9,17H,10-14H2,1-2H3/t17-/m1/s1. The Labute approximate surface area is 164 Å². The Morgan fingerprint density at radius 1 is 1.14 bits per heavy atom. The lowest BCUT2D eigenvalue weighted by atomic mass is 9.95. The van der Waals surface area contributed by atoms with Gasteiger partial charge in [-0.15, -0.1) is 0 Å². The first-order valence-electron chi connectivity index (χ1n) is 9.51. The van der Waals surface area contributed by atoms with Crippen LogP contribution in [0.2, 0.25) is 0 Å². The molecule has 6 heteroatoms. The van der Waals surface area contributed by atoms with Gasteiger partial charge in [-0.25, -0.2) is 0 Å². The van der Waals surface area contributed by atoms with E-state index in [1.807, 2.05) is 49.4 Å². The van der Waals surface area contributed by atoms with E-state index in [0.29, 0.717) is 37.6 Å². The summed E-state index contributed by atoms with van der Waals surface area (Å²) >= 11 is 0. The lowest BCUT2D eigenvalue weighted by molar-refractivity contribution is -0.141. The van der Waals surface area contributed by atoms with Crippen LogP contribution >= 0.6 is 0 Å². The summed E-state index contributed by atoms with van der Waals surface area (Å²) < 4.78 is 11.2. The van der Waals surface area contributed by atoms with Gasteiger partial charge in [0.25, 0.3) is 0 Å². The number of hydrogen-bond donors (Lipinski definition) is 0.